The van der Waals surface area contributed by atoms with Gasteiger partial charge in [0, 0.05) is 12.6 Å². The molecule has 0 bridgehead atoms. The van der Waals surface area contributed by atoms with Gasteiger partial charge in [0.05, 0.1) is 0 Å². The highest BCUT2D eigenvalue weighted by Crippen LogP contribution is 2.29. The van der Waals surface area contributed by atoms with Crippen LogP contribution >= 0.6 is 0 Å². The molecule has 2 nitrogen and oxygen atoms in total. The van der Waals surface area contributed by atoms with Crippen molar-refractivity contribution >= 4 is 0 Å². The van der Waals surface area contributed by atoms with E-state index < -0.39 is 0 Å². The third-order valence-electron chi connectivity index (χ3n) is 4.64. The summed E-state index contributed by atoms with van der Waals surface area (Å²) in [6.07, 6.45) is 8.44. The van der Waals surface area contributed by atoms with Crippen LogP contribution in [0.5, 0.6) is 0 Å². The molecule has 0 aromatic carbocycles. The van der Waals surface area contributed by atoms with Gasteiger partial charge in [-0.1, -0.05) is 20.3 Å². The van der Waals surface area contributed by atoms with Crippen molar-refractivity contribution in [2.75, 3.05) is 26.2 Å². The molecule has 1 N–H and O–H groups in total. The van der Waals surface area contributed by atoms with Crippen molar-refractivity contribution in [2.45, 2.75) is 58.4 Å². The van der Waals surface area contributed by atoms with Crippen LogP contribution in [0.3, 0.4) is 0 Å². The lowest BCUT2D eigenvalue weighted by atomic mass is 9.99. The van der Waals surface area contributed by atoms with E-state index in [9.17, 15) is 0 Å². The number of rotatable bonds is 6. The van der Waals surface area contributed by atoms with Crippen molar-refractivity contribution in [3.05, 3.63) is 0 Å². The van der Waals surface area contributed by atoms with E-state index in [-0.39, 0.29) is 0 Å². The molecule has 0 amide bonds. The average molecular weight is 238 g/mol. The van der Waals surface area contributed by atoms with Crippen molar-refractivity contribution in [1.82, 2.24) is 10.2 Å². The molecule has 0 aromatic heterocycles. The summed E-state index contributed by atoms with van der Waals surface area (Å²) in [4.78, 5) is 2.68. The summed E-state index contributed by atoms with van der Waals surface area (Å²) in [5.41, 5.74) is 0. The Balaban J connectivity index is 1.67. The third-order valence-corrected chi connectivity index (χ3v) is 4.64. The van der Waals surface area contributed by atoms with Crippen LogP contribution in [0.25, 0.3) is 0 Å². The topological polar surface area (TPSA) is 15.3 Å². The Morgan fingerprint density at radius 2 is 2.12 bits per heavy atom. The van der Waals surface area contributed by atoms with E-state index in [0.717, 1.165) is 17.9 Å². The minimum atomic E-state index is 0.829. The van der Waals surface area contributed by atoms with Gasteiger partial charge in [0.1, 0.15) is 0 Å². The van der Waals surface area contributed by atoms with Gasteiger partial charge in [-0.2, -0.15) is 0 Å². The van der Waals surface area contributed by atoms with E-state index in [4.69, 9.17) is 0 Å². The fourth-order valence-corrected chi connectivity index (χ4v) is 3.56. The predicted octanol–water partition coefficient (Wildman–Crippen LogP) is 2.89. The Morgan fingerprint density at radius 1 is 1.24 bits per heavy atom. The van der Waals surface area contributed by atoms with Gasteiger partial charge in [-0.15, -0.1) is 0 Å². The average Bonchev–Trinajstić information content (AvgIpc) is 2.92. The molecule has 2 fully saturated rings. The molecule has 1 saturated heterocycles. The van der Waals surface area contributed by atoms with Crippen molar-refractivity contribution in [1.29, 1.82) is 0 Å². The highest BCUT2D eigenvalue weighted by molar-refractivity contribution is 4.84. The van der Waals surface area contributed by atoms with Gasteiger partial charge in [0.25, 0.3) is 0 Å². The lowest BCUT2D eigenvalue weighted by molar-refractivity contribution is 0.276. The van der Waals surface area contributed by atoms with Crippen molar-refractivity contribution in [3.8, 4) is 0 Å². The molecule has 2 heteroatoms. The SMILES string of the molecule is CCCNC1CCCC1CCN1CCC(C)C1. The first-order valence-electron chi connectivity index (χ1n) is 7.75. The molecule has 1 saturated carbocycles. The number of hydrogen-bond acceptors (Lipinski definition) is 2. The zero-order valence-corrected chi connectivity index (χ0v) is 11.8. The molecule has 0 aromatic rings. The molecule has 3 atom stereocenters. The largest absolute Gasteiger partial charge is 0.314 e. The monoisotopic (exact) mass is 238 g/mol. The summed E-state index contributed by atoms with van der Waals surface area (Å²) in [6, 6.07) is 0.829. The summed E-state index contributed by atoms with van der Waals surface area (Å²) in [5.74, 6) is 1.89. The zero-order valence-electron chi connectivity index (χ0n) is 11.8. The second-order valence-corrected chi connectivity index (χ2v) is 6.23. The van der Waals surface area contributed by atoms with Gasteiger partial charge >= 0.3 is 0 Å². The van der Waals surface area contributed by atoms with Crippen LogP contribution in [0.4, 0.5) is 0 Å². The summed E-state index contributed by atoms with van der Waals surface area (Å²) >= 11 is 0. The summed E-state index contributed by atoms with van der Waals surface area (Å²) in [5, 5.41) is 3.75. The number of nitrogens with zero attached hydrogens (tertiary/aromatic N) is 1. The summed E-state index contributed by atoms with van der Waals surface area (Å²) in [6.45, 7) is 9.91. The predicted molar refractivity (Wildman–Crippen MR) is 74.3 cm³/mol. The quantitative estimate of drug-likeness (QED) is 0.765. The molecule has 1 aliphatic carbocycles. The first-order chi connectivity index (χ1) is 8.29. The first-order valence-corrected chi connectivity index (χ1v) is 7.75. The fourth-order valence-electron chi connectivity index (χ4n) is 3.56. The van der Waals surface area contributed by atoms with Gasteiger partial charge in [-0.05, 0) is 63.6 Å². The molecule has 0 spiro atoms. The van der Waals surface area contributed by atoms with Gasteiger partial charge in [0.15, 0.2) is 0 Å². The number of hydrogen-bond donors (Lipinski definition) is 1. The highest BCUT2D eigenvalue weighted by atomic mass is 15.1. The lowest BCUT2D eigenvalue weighted by Crippen LogP contribution is -2.35. The maximum absolute atomic E-state index is 3.75. The number of likely N-dealkylation sites (tertiary alicyclic amines) is 1. The van der Waals surface area contributed by atoms with E-state index in [1.807, 2.05) is 0 Å². The van der Waals surface area contributed by atoms with Crippen LogP contribution in [0, 0.1) is 11.8 Å². The molecule has 1 aliphatic heterocycles. The van der Waals surface area contributed by atoms with E-state index in [1.165, 1.54) is 64.7 Å². The van der Waals surface area contributed by atoms with Gasteiger partial charge in [-0.3, -0.25) is 0 Å². The van der Waals surface area contributed by atoms with Crippen LogP contribution < -0.4 is 5.32 Å². The van der Waals surface area contributed by atoms with Crippen molar-refractivity contribution in [2.24, 2.45) is 11.8 Å². The molecular formula is C15H30N2. The standard InChI is InChI=1S/C15H30N2/c1-3-9-16-15-6-4-5-14(15)8-11-17-10-7-13(2)12-17/h13-16H,3-12H2,1-2H3. The summed E-state index contributed by atoms with van der Waals surface area (Å²) < 4.78 is 0. The minimum absolute atomic E-state index is 0.829. The normalized spacial score (nSPS) is 34.6. The van der Waals surface area contributed by atoms with E-state index in [1.54, 1.807) is 0 Å². The maximum Gasteiger partial charge on any atom is 0.00958 e. The molecule has 100 valence electrons. The van der Waals surface area contributed by atoms with E-state index in [2.05, 4.69) is 24.1 Å². The minimum Gasteiger partial charge on any atom is -0.314 e. The third kappa shape index (κ3) is 3.96. The Kier molecular flexibility index (Phi) is 5.30. The maximum atomic E-state index is 3.75. The molecule has 17 heavy (non-hydrogen) atoms. The zero-order chi connectivity index (χ0) is 12.1. The van der Waals surface area contributed by atoms with E-state index in [0.29, 0.717) is 0 Å². The molecule has 0 radical (unpaired) electrons. The smallest absolute Gasteiger partial charge is 0.00958 e. The second-order valence-electron chi connectivity index (χ2n) is 6.23. The molecule has 2 aliphatic rings. The van der Waals surface area contributed by atoms with Crippen LogP contribution in [-0.2, 0) is 0 Å². The molecular weight excluding hydrogens is 208 g/mol. The molecule has 2 rings (SSSR count). The van der Waals surface area contributed by atoms with Crippen molar-refractivity contribution < 1.29 is 0 Å². The molecule has 1 heterocycles. The Morgan fingerprint density at radius 3 is 2.82 bits per heavy atom. The van der Waals surface area contributed by atoms with Gasteiger partial charge in [0.2, 0.25) is 0 Å². The Labute approximate surface area is 107 Å². The lowest BCUT2D eigenvalue weighted by Gasteiger charge is -2.23. The second kappa shape index (κ2) is 6.75. The van der Waals surface area contributed by atoms with Crippen LogP contribution in [0.1, 0.15) is 52.4 Å². The van der Waals surface area contributed by atoms with Crippen molar-refractivity contribution in [3.63, 3.8) is 0 Å². The van der Waals surface area contributed by atoms with Gasteiger partial charge < -0.3 is 10.2 Å². The van der Waals surface area contributed by atoms with Crippen LogP contribution in [0.2, 0.25) is 0 Å². The number of nitrogens with one attached hydrogen (secondary N) is 1. The first kappa shape index (κ1) is 13.4. The van der Waals surface area contributed by atoms with Crippen LogP contribution in [0.15, 0.2) is 0 Å². The summed E-state index contributed by atoms with van der Waals surface area (Å²) in [7, 11) is 0. The van der Waals surface area contributed by atoms with Gasteiger partial charge in [-0.25, -0.2) is 0 Å². The highest BCUT2D eigenvalue weighted by Gasteiger charge is 2.27. The fraction of sp³-hybridized carbons (Fsp3) is 1.00. The Bertz CT molecular complexity index is 217. The Hall–Kier alpha value is -0.0800. The molecule has 3 unspecified atom stereocenters. The van der Waals surface area contributed by atoms with E-state index >= 15 is 0 Å². The van der Waals surface area contributed by atoms with Crippen LogP contribution in [-0.4, -0.2) is 37.1 Å².